The molecule has 3 rings (SSSR count). The number of methoxy groups -OCH3 is 1. The smallest absolute Gasteiger partial charge is 0.234 e. The van der Waals surface area contributed by atoms with E-state index in [1.54, 1.807) is 7.11 Å². The fourth-order valence-corrected chi connectivity index (χ4v) is 4.46. The van der Waals surface area contributed by atoms with Crippen LogP contribution in [-0.4, -0.2) is 54.3 Å². The maximum absolute atomic E-state index is 12.3. The first kappa shape index (κ1) is 19.3. The molecule has 144 valence electrons. The number of fused-ring (bicyclic) bond motifs is 2. The van der Waals surface area contributed by atoms with Crippen molar-refractivity contribution in [2.75, 3.05) is 26.7 Å². The van der Waals surface area contributed by atoms with E-state index in [4.69, 9.17) is 4.74 Å². The molecule has 1 aromatic rings. The van der Waals surface area contributed by atoms with Crippen molar-refractivity contribution in [3.8, 4) is 0 Å². The van der Waals surface area contributed by atoms with E-state index >= 15 is 0 Å². The first-order valence-electron chi connectivity index (χ1n) is 9.66. The number of rotatable bonds is 5. The van der Waals surface area contributed by atoms with Crippen LogP contribution in [0.1, 0.15) is 57.3 Å². The molecule has 2 aliphatic rings. The highest BCUT2D eigenvalue weighted by molar-refractivity contribution is 5.78. The molecule has 1 amide bonds. The topological polar surface area (TPSA) is 61.8 Å². The summed E-state index contributed by atoms with van der Waals surface area (Å²) in [6.07, 6.45) is 1.81. The van der Waals surface area contributed by atoms with Crippen LogP contribution in [0.2, 0.25) is 0 Å². The maximum atomic E-state index is 12.3. The molecule has 1 aliphatic carbocycles. The standard InChI is InChI=1S/C21H32N2O3/c1-5-20(2,3)22-17(24)14-23-12-10-21(11-13-23)16-9-7-6-8-15(16)18(26-4)19(21)25/h6-9,18-19,25H,5,10-14H2,1-4H3,(H,22,24)/t18-,19+/m1/s1. The molecular formula is C21H32N2O3. The average Bonchev–Trinajstić information content (AvgIpc) is 2.85. The van der Waals surface area contributed by atoms with Crippen LogP contribution in [0.4, 0.5) is 0 Å². The SMILES string of the molecule is CCC(C)(C)NC(=O)CN1CCC2(CC1)c1ccccc1[C@@H](OC)[C@@H]2O. The van der Waals surface area contributed by atoms with Gasteiger partial charge in [-0.3, -0.25) is 9.69 Å². The molecule has 1 heterocycles. The fourth-order valence-electron chi connectivity index (χ4n) is 4.46. The Hall–Kier alpha value is -1.43. The zero-order valence-electron chi connectivity index (χ0n) is 16.4. The lowest BCUT2D eigenvalue weighted by Gasteiger charge is -2.42. The summed E-state index contributed by atoms with van der Waals surface area (Å²) in [6, 6.07) is 8.24. The summed E-state index contributed by atoms with van der Waals surface area (Å²) < 4.78 is 5.61. The third kappa shape index (κ3) is 3.40. The van der Waals surface area contributed by atoms with Gasteiger partial charge in [-0.25, -0.2) is 0 Å². The van der Waals surface area contributed by atoms with Crippen LogP contribution in [0, 0.1) is 0 Å². The van der Waals surface area contributed by atoms with E-state index in [9.17, 15) is 9.90 Å². The minimum Gasteiger partial charge on any atom is -0.389 e. The number of nitrogens with one attached hydrogen (secondary N) is 1. The molecule has 0 radical (unpaired) electrons. The van der Waals surface area contributed by atoms with Gasteiger partial charge in [0, 0.05) is 18.1 Å². The Morgan fingerprint density at radius 1 is 1.35 bits per heavy atom. The zero-order valence-corrected chi connectivity index (χ0v) is 16.4. The molecule has 0 unspecified atom stereocenters. The van der Waals surface area contributed by atoms with Gasteiger partial charge in [0.2, 0.25) is 5.91 Å². The van der Waals surface area contributed by atoms with Crippen LogP contribution >= 0.6 is 0 Å². The van der Waals surface area contributed by atoms with Crippen molar-refractivity contribution in [1.82, 2.24) is 10.2 Å². The van der Waals surface area contributed by atoms with Crippen molar-refractivity contribution in [3.05, 3.63) is 35.4 Å². The zero-order chi connectivity index (χ0) is 18.9. The van der Waals surface area contributed by atoms with E-state index in [0.29, 0.717) is 6.54 Å². The Morgan fingerprint density at radius 3 is 2.62 bits per heavy atom. The lowest BCUT2D eigenvalue weighted by Crippen LogP contribution is -2.52. The Kier molecular flexibility index (Phi) is 5.42. The van der Waals surface area contributed by atoms with Gasteiger partial charge in [0.1, 0.15) is 6.10 Å². The molecule has 0 saturated carbocycles. The normalized spacial score (nSPS) is 25.3. The summed E-state index contributed by atoms with van der Waals surface area (Å²) in [7, 11) is 1.67. The van der Waals surface area contributed by atoms with Gasteiger partial charge >= 0.3 is 0 Å². The van der Waals surface area contributed by atoms with Gasteiger partial charge in [0.25, 0.3) is 0 Å². The lowest BCUT2D eigenvalue weighted by molar-refractivity contribution is -0.124. The number of aliphatic hydroxyl groups is 1. The molecule has 0 aromatic heterocycles. The minimum absolute atomic E-state index is 0.0786. The predicted molar refractivity (Wildman–Crippen MR) is 102 cm³/mol. The van der Waals surface area contributed by atoms with E-state index in [0.717, 1.165) is 37.9 Å². The van der Waals surface area contributed by atoms with Crippen molar-refractivity contribution >= 4 is 5.91 Å². The quantitative estimate of drug-likeness (QED) is 0.846. The molecule has 1 saturated heterocycles. The molecule has 5 nitrogen and oxygen atoms in total. The Morgan fingerprint density at radius 2 is 2.00 bits per heavy atom. The Bertz CT molecular complexity index is 650. The van der Waals surface area contributed by atoms with Gasteiger partial charge in [-0.05, 0) is 57.3 Å². The van der Waals surface area contributed by atoms with Crippen LogP contribution in [-0.2, 0) is 14.9 Å². The number of nitrogens with zero attached hydrogens (tertiary/aromatic N) is 1. The predicted octanol–water partition coefficient (Wildman–Crippen LogP) is 2.39. The van der Waals surface area contributed by atoms with Crippen molar-refractivity contribution in [2.45, 2.75) is 63.2 Å². The monoisotopic (exact) mass is 360 g/mol. The second-order valence-corrected chi connectivity index (χ2v) is 8.41. The fraction of sp³-hybridized carbons (Fsp3) is 0.667. The number of piperidine rings is 1. The van der Waals surface area contributed by atoms with Gasteiger partial charge in [-0.1, -0.05) is 31.2 Å². The highest BCUT2D eigenvalue weighted by Crippen LogP contribution is 2.51. The van der Waals surface area contributed by atoms with Crippen LogP contribution < -0.4 is 5.32 Å². The molecule has 5 heteroatoms. The van der Waals surface area contributed by atoms with E-state index in [-0.39, 0.29) is 23.0 Å². The summed E-state index contributed by atoms with van der Waals surface area (Å²) in [5.41, 5.74) is 1.90. The number of hydrogen-bond donors (Lipinski definition) is 2. The van der Waals surface area contributed by atoms with E-state index in [2.05, 4.69) is 29.3 Å². The number of likely N-dealkylation sites (tertiary alicyclic amines) is 1. The number of aliphatic hydroxyl groups excluding tert-OH is 1. The number of benzene rings is 1. The van der Waals surface area contributed by atoms with Gasteiger partial charge < -0.3 is 15.2 Å². The van der Waals surface area contributed by atoms with E-state index in [1.807, 2.05) is 26.0 Å². The summed E-state index contributed by atoms with van der Waals surface area (Å²) in [5, 5.41) is 14.1. The lowest BCUT2D eigenvalue weighted by atomic mass is 9.72. The van der Waals surface area contributed by atoms with E-state index < -0.39 is 6.10 Å². The average molecular weight is 360 g/mol. The second kappa shape index (κ2) is 7.29. The Balaban J connectivity index is 1.67. The molecule has 1 aromatic carbocycles. The van der Waals surface area contributed by atoms with Crippen LogP contribution in [0.25, 0.3) is 0 Å². The highest BCUT2D eigenvalue weighted by Gasteiger charge is 2.52. The van der Waals surface area contributed by atoms with Gasteiger partial charge in [0.15, 0.2) is 0 Å². The third-order valence-electron chi connectivity index (χ3n) is 6.39. The summed E-state index contributed by atoms with van der Waals surface area (Å²) in [6.45, 7) is 8.21. The number of ether oxygens (including phenoxy) is 1. The highest BCUT2D eigenvalue weighted by atomic mass is 16.5. The molecule has 0 bridgehead atoms. The summed E-state index contributed by atoms with van der Waals surface area (Å²) in [4.78, 5) is 14.5. The molecule has 1 aliphatic heterocycles. The van der Waals surface area contributed by atoms with Crippen LogP contribution in [0.15, 0.2) is 24.3 Å². The second-order valence-electron chi connectivity index (χ2n) is 8.41. The molecule has 2 atom stereocenters. The van der Waals surface area contributed by atoms with Crippen LogP contribution in [0.5, 0.6) is 0 Å². The number of hydrogen-bond acceptors (Lipinski definition) is 4. The number of carbonyl (C=O) groups excluding carboxylic acids is 1. The van der Waals surface area contributed by atoms with Gasteiger partial charge in [0.05, 0.1) is 12.6 Å². The first-order chi connectivity index (χ1) is 12.3. The molecular weight excluding hydrogens is 328 g/mol. The summed E-state index contributed by atoms with van der Waals surface area (Å²) >= 11 is 0. The van der Waals surface area contributed by atoms with Crippen molar-refractivity contribution in [2.24, 2.45) is 0 Å². The van der Waals surface area contributed by atoms with E-state index in [1.165, 1.54) is 5.56 Å². The maximum Gasteiger partial charge on any atom is 0.234 e. The molecule has 2 N–H and O–H groups in total. The largest absolute Gasteiger partial charge is 0.389 e. The van der Waals surface area contributed by atoms with Crippen molar-refractivity contribution in [1.29, 1.82) is 0 Å². The Labute approximate surface area is 156 Å². The summed E-state index contributed by atoms with van der Waals surface area (Å²) in [5.74, 6) is 0.0786. The molecule has 1 fully saturated rings. The minimum atomic E-state index is -0.528. The number of carbonyl (C=O) groups is 1. The van der Waals surface area contributed by atoms with Crippen LogP contribution in [0.3, 0.4) is 0 Å². The van der Waals surface area contributed by atoms with Crippen molar-refractivity contribution < 1.29 is 14.6 Å². The molecule has 1 spiro atoms. The molecule has 26 heavy (non-hydrogen) atoms. The van der Waals surface area contributed by atoms with Crippen molar-refractivity contribution in [3.63, 3.8) is 0 Å². The van der Waals surface area contributed by atoms with Gasteiger partial charge in [-0.15, -0.1) is 0 Å². The third-order valence-corrected chi connectivity index (χ3v) is 6.39. The van der Waals surface area contributed by atoms with Gasteiger partial charge in [-0.2, -0.15) is 0 Å². The first-order valence-corrected chi connectivity index (χ1v) is 9.66. The number of amides is 1.